The summed E-state index contributed by atoms with van der Waals surface area (Å²) in [5.41, 5.74) is 1.64. The molecule has 0 aliphatic heterocycles. The van der Waals surface area contributed by atoms with Crippen LogP contribution in [-0.2, 0) is 6.42 Å². The van der Waals surface area contributed by atoms with Gasteiger partial charge in [0.15, 0.2) is 0 Å². The van der Waals surface area contributed by atoms with E-state index in [9.17, 15) is 5.11 Å². The first-order valence-corrected chi connectivity index (χ1v) is 6.54. The molecular weight excluding hydrogens is 206 g/mol. The van der Waals surface area contributed by atoms with Crippen molar-refractivity contribution < 1.29 is 5.11 Å². The van der Waals surface area contributed by atoms with E-state index in [2.05, 4.69) is 29.1 Å². The monoisotopic (exact) mass is 225 g/mol. The number of aliphatic hydroxyl groups excluding tert-OH is 1. The summed E-state index contributed by atoms with van der Waals surface area (Å²) in [4.78, 5) is 0. The molecule has 0 radical (unpaired) electrons. The molecule has 1 saturated carbocycles. The second-order valence-corrected chi connectivity index (χ2v) is 5.56. The third-order valence-electron chi connectivity index (χ3n) is 3.24. The van der Waals surface area contributed by atoms with Crippen molar-refractivity contribution in [2.24, 2.45) is 5.41 Å². The lowest BCUT2D eigenvalue weighted by Crippen LogP contribution is -2.34. The van der Waals surface area contributed by atoms with Crippen LogP contribution >= 0.6 is 11.3 Å². The molecule has 1 heterocycles. The number of hydrogen-bond acceptors (Lipinski definition) is 3. The smallest absolute Gasteiger partial charge is 0.0499 e. The molecule has 0 saturated heterocycles. The number of hydrogen-bond donors (Lipinski definition) is 2. The summed E-state index contributed by atoms with van der Waals surface area (Å²) in [7, 11) is 0. The van der Waals surface area contributed by atoms with Gasteiger partial charge in [0, 0.05) is 24.6 Å². The van der Waals surface area contributed by atoms with Crippen LogP contribution < -0.4 is 5.32 Å². The van der Waals surface area contributed by atoms with E-state index in [1.807, 2.05) is 0 Å². The van der Waals surface area contributed by atoms with Gasteiger partial charge in [0.1, 0.15) is 0 Å². The van der Waals surface area contributed by atoms with Gasteiger partial charge in [-0.15, -0.1) is 0 Å². The first-order chi connectivity index (χ1) is 7.24. The lowest BCUT2D eigenvalue weighted by atomic mass is 10.1. The van der Waals surface area contributed by atoms with Gasteiger partial charge in [0.05, 0.1) is 0 Å². The average molecular weight is 225 g/mol. The van der Waals surface area contributed by atoms with E-state index in [4.69, 9.17) is 0 Å². The van der Waals surface area contributed by atoms with Crippen LogP contribution in [0.15, 0.2) is 16.8 Å². The van der Waals surface area contributed by atoms with E-state index in [1.165, 1.54) is 18.4 Å². The van der Waals surface area contributed by atoms with Crippen LogP contribution in [0.3, 0.4) is 0 Å². The van der Waals surface area contributed by atoms with Gasteiger partial charge in [-0.05, 0) is 48.6 Å². The van der Waals surface area contributed by atoms with Gasteiger partial charge in [0.2, 0.25) is 0 Å². The minimum absolute atomic E-state index is 0.225. The maximum atomic E-state index is 9.19. The van der Waals surface area contributed by atoms with Crippen molar-refractivity contribution in [3.63, 3.8) is 0 Å². The molecule has 1 unspecified atom stereocenters. The van der Waals surface area contributed by atoms with Crippen molar-refractivity contribution in [1.82, 2.24) is 5.32 Å². The molecular formula is C12H19NOS. The Morgan fingerprint density at radius 2 is 2.40 bits per heavy atom. The highest BCUT2D eigenvalue weighted by molar-refractivity contribution is 7.07. The molecule has 2 N–H and O–H groups in total. The highest BCUT2D eigenvalue weighted by atomic mass is 32.1. The molecule has 2 nitrogen and oxygen atoms in total. The number of nitrogens with one attached hydrogen (secondary N) is 1. The Kier molecular flexibility index (Phi) is 3.44. The topological polar surface area (TPSA) is 32.3 Å². The fraction of sp³-hybridized carbons (Fsp3) is 0.667. The van der Waals surface area contributed by atoms with E-state index in [-0.39, 0.29) is 5.41 Å². The van der Waals surface area contributed by atoms with Crippen molar-refractivity contribution in [2.75, 3.05) is 13.2 Å². The van der Waals surface area contributed by atoms with Crippen LogP contribution in [0.2, 0.25) is 0 Å². The van der Waals surface area contributed by atoms with Crippen LogP contribution in [0, 0.1) is 5.41 Å². The Morgan fingerprint density at radius 3 is 2.93 bits per heavy atom. The molecule has 0 amide bonds. The van der Waals surface area contributed by atoms with Crippen molar-refractivity contribution in [2.45, 2.75) is 32.2 Å². The SMILES string of the molecule is CC(Cc1ccsc1)NCC1(CO)CC1. The maximum absolute atomic E-state index is 9.19. The summed E-state index contributed by atoms with van der Waals surface area (Å²) in [6.07, 6.45) is 3.45. The normalized spacial score (nSPS) is 20.1. The lowest BCUT2D eigenvalue weighted by Gasteiger charge is -2.17. The number of thiophene rings is 1. The summed E-state index contributed by atoms with van der Waals surface area (Å²) in [6.45, 7) is 3.52. The third-order valence-corrected chi connectivity index (χ3v) is 3.97. The number of rotatable bonds is 6. The van der Waals surface area contributed by atoms with Crippen LogP contribution in [0.25, 0.3) is 0 Å². The van der Waals surface area contributed by atoms with Crippen molar-refractivity contribution >= 4 is 11.3 Å². The molecule has 2 rings (SSSR count). The van der Waals surface area contributed by atoms with E-state index >= 15 is 0 Å². The summed E-state index contributed by atoms with van der Waals surface area (Å²) in [6, 6.07) is 2.69. The molecule has 0 bridgehead atoms. The van der Waals surface area contributed by atoms with E-state index in [0.29, 0.717) is 12.6 Å². The molecule has 84 valence electrons. The summed E-state index contributed by atoms with van der Waals surface area (Å²) in [5, 5.41) is 17.0. The van der Waals surface area contributed by atoms with Gasteiger partial charge < -0.3 is 10.4 Å². The van der Waals surface area contributed by atoms with E-state index < -0.39 is 0 Å². The molecule has 1 atom stereocenters. The molecule has 1 aromatic heterocycles. The minimum atomic E-state index is 0.225. The van der Waals surface area contributed by atoms with Crippen molar-refractivity contribution in [1.29, 1.82) is 0 Å². The molecule has 0 spiro atoms. The predicted octanol–water partition coefficient (Wildman–Crippen LogP) is 2.04. The predicted molar refractivity (Wildman–Crippen MR) is 64.2 cm³/mol. The first kappa shape index (κ1) is 11.1. The highest BCUT2D eigenvalue weighted by Gasteiger charge is 2.41. The van der Waals surface area contributed by atoms with Crippen LogP contribution in [0.5, 0.6) is 0 Å². The molecule has 1 aliphatic carbocycles. The fourth-order valence-electron chi connectivity index (χ4n) is 1.79. The maximum Gasteiger partial charge on any atom is 0.0499 e. The molecule has 15 heavy (non-hydrogen) atoms. The average Bonchev–Trinajstić information content (AvgIpc) is 2.86. The van der Waals surface area contributed by atoms with Gasteiger partial charge in [0.25, 0.3) is 0 Å². The van der Waals surface area contributed by atoms with E-state index in [0.717, 1.165) is 13.0 Å². The Bertz CT molecular complexity index is 293. The summed E-state index contributed by atoms with van der Waals surface area (Å²) >= 11 is 1.75. The molecule has 3 heteroatoms. The fourth-order valence-corrected chi connectivity index (χ4v) is 2.47. The van der Waals surface area contributed by atoms with Crippen LogP contribution in [-0.4, -0.2) is 24.3 Å². The lowest BCUT2D eigenvalue weighted by molar-refractivity contribution is 0.204. The molecule has 1 fully saturated rings. The standard InChI is InChI=1S/C12H19NOS/c1-10(6-11-2-5-15-7-11)13-8-12(9-14)3-4-12/h2,5,7,10,13-14H,3-4,6,8-9H2,1H3. The van der Waals surface area contributed by atoms with E-state index in [1.54, 1.807) is 11.3 Å². The Hall–Kier alpha value is -0.380. The molecule has 1 aromatic rings. The molecule has 0 aromatic carbocycles. The highest BCUT2D eigenvalue weighted by Crippen LogP contribution is 2.44. The molecule has 1 aliphatic rings. The van der Waals surface area contributed by atoms with Gasteiger partial charge in [-0.3, -0.25) is 0 Å². The quantitative estimate of drug-likeness (QED) is 0.776. The van der Waals surface area contributed by atoms with Crippen LogP contribution in [0.1, 0.15) is 25.3 Å². The zero-order valence-corrected chi connectivity index (χ0v) is 10.0. The van der Waals surface area contributed by atoms with Gasteiger partial charge in [-0.2, -0.15) is 11.3 Å². The Labute approximate surface area is 95.3 Å². The van der Waals surface area contributed by atoms with Crippen molar-refractivity contribution in [3.8, 4) is 0 Å². The Balaban J connectivity index is 1.71. The van der Waals surface area contributed by atoms with Gasteiger partial charge >= 0.3 is 0 Å². The second-order valence-electron chi connectivity index (χ2n) is 4.78. The summed E-state index contributed by atoms with van der Waals surface area (Å²) < 4.78 is 0. The minimum Gasteiger partial charge on any atom is -0.396 e. The first-order valence-electron chi connectivity index (χ1n) is 5.59. The van der Waals surface area contributed by atoms with Crippen LogP contribution in [0.4, 0.5) is 0 Å². The summed E-state index contributed by atoms with van der Waals surface area (Å²) in [5.74, 6) is 0. The van der Waals surface area contributed by atoms with Gasteiger partial charge in [-0.1, -0.05) is 0 Å². The third kappa shape index (κ3) is 3.03. The Morgan fingerprint density at radius 1 is 1.60 bits per heavy atom. The largest absolute Gasteiger partial charge is 0.396 e. The van der Waals surface area contributed by atoms with Gasteiger partial charge in [-0.25, -0.2) is 0 Å². The zero-order valence-electron chi connectivity index (χ0n) is 9.20. The zero-order chi connectivity index (χ0) is 10.7. The number of aliphatic hydroxyl groups is 1. The second kappa shape index (κ2) is 4.64. The van der Waals surface area contributed by atoms with Crippen molar-refractivity contribution in [3.05, 3.63) is 22.4 Å².